The van der Waals surface area contributed by atoms with Crippen LogP contribution < -0.4 is 5.56 Å². The highest BCUT2D eigenvalue weighted by molar-refractivity contribution is 5.76. The van der Waals surface area contributed by atoms with Gasteiger partial charge in [-0.2, -0.15) is 0 Å². The molecule has 3 aromatic rings. The summed E-state index contributed by atoms with van der Waals surface area (Å²) in [5, 5.41) is 10.6. The summed E-state index contributed by atoms with van der Waals surface area (Å²) in [5.74, 6) is -0.494. The van der Waals surface area contributed by atoms with E-state index in [4.69, 9.17) is 0 Å². The molecule has 21 heavy (non-hydrogen) atoms. The molecular formula is C16H13FN2O2. The number of halogens is 1. The molecular weight excluding hydrogens is 271 g/mol. The van der Waals surface area contributed by atoms with Crippen LogP contribution in [0.1, 0.15) is 11.7 Å². The molecule has 1 heterocycles. The van der Waals surface area contributed by atoms with Gasteiger partial charge in [0.1, 0.15) is 5.82 Å². The number of hydrogen-bond donors (Lipinski definition) is 1. The lowest BCUT2D eigenvalue weighted by molar-refractivity contribution is 0.150. The van der Waals surface area contributed by atoms with Gasteiger partial charge >= 0.3 is 0 Å². The number of aromatic nitrogens is 2. The van der Waals surface area contributed by atoms with E-state index in [1.54, 1.807) is 36.4 Å². The topological polar surface area (TPSA) is 55.1 Å². The third-order valence-corrected chi connectivity index (χ3v) is 3.37. The molecule has 3 rings (SSSR count). The Bertz CT molecular complexity index is 845. The molecule has 1 unspecified atom stereocenters. The quantitative estimate of drug-likeness (QED) is 0.802. The summed E-state index contributed by atoms with van der Waals surface area (Å²) in [7, 11) is 0. The van der Waals surface area contributed by atoms with Gasteiger partial charge in [0.15, 0.2) is 0 Å². The SMILES string of the molecule is O=c1c2ccccc2ncn1CC(O)c1ccccc1F. The maximum absolute atomic E-state index is 13.6. The van der Waals surface area contributed by atoms with E-state index in [1.165, 1.54) is 23.0 Å². The van der Waals surface area contributed by atoms with E-state index >= 15 is 0 Å². The minimum absolute atomic E-state index is 0.0440. The number of hydrogen-bond acceptors (Lipinski definition) is 3. The predicted molar refractivity (Wildman–Crippen MR) is 77.4 cm³/mol. The van der Waals surface area contributed by atoms with E-state index in [1.807, 2.05) is 0 Å². The van der Waals surface area contributed by atoms with Gasteiger partial charge in [0.05, 0.1) is 29.9 Å². The van der Waals surface area contributed by atoms with Gasteiger partial charge in [-0.15, -0.1) is 0 Å². The number of benzene rings is 2. The normalized spacial score (nSPS) is 12.5. The van der Waals surface area contributed by atoms with Crippen LogP contribution in [0.3, 0.4) is 0 Å². The Hall–Kier alpha value is -2.53. The van der Waals surface area contributed by atoms with Crippen LogP contribution in [-0.4, -0.2) is 14.7 Å². The molecule has 0 spiro atoms. The molecule has 1 aromatic heterocycles. The Morgan fingerprint density at radius 2 is 1.86 bits per heavy atom. The number of aliphatic hydroxyl groups is 1. The summed E-state index contributed by atoms with van der Waals surface area (Å²) < 4.78 is 14.9. The van der Waals surface area contributed by atoms with Crippen LogP contribution in [-0.2, 0) is 6.54 Å². The van der Waals surface area contributed by atoms with Gasteiger partial charge in [-0.3, -0.25) is 9.36 Å². The number of rotatable bonds is 3. The van der Waals surface area contributed by atoms with Crippen molar-refractivity contribution >= 4 is 10.9 Å². The van der Waals surface area contributed by atoms with E-state index in [2.05, 4.69) is 4.98 Å². The third-order valence-electron chi connectivity index (χ3n) is 3.37. The lowest BCUT2D eigenvalue weighted by Crippen LogP contribution is -2.24. The highest BCUT2D eigenvalue weighted by atomic mass is 19.1. The first-order valence-electron chi connectivity index (χ1n) is 6.53. The van der Waals surface area contributed by atoms with Crippen molar-refractivity contribution in [2.75, 3.05) is 0 Å². The number of nitrogens with zero attached hydrogens (tertiary/aromatic N) is 2. The number of para-hydroxylation sites is 1. The van der Waals surface area contributed by atoms with E-state index in [0.29, 0.717) is 10.9 Å². The molecule has 0 aliphatic carbocycles. The fourth-order valence-electron chi connectivity index (χ4n) is 2.27. The molecule has 4 nitrogen and oxygen atoms in total. The molecule has 0 amide bonds. The van der Waals surface area contributed by atoms with Crippen LogP contribution in [0, 0.1) is 5.82 Å². The van der Waals surface area contributed by atoms with Gasteiger partial charge in [0.2, 0.25) is 0 Å². The maximum atomic E-state index is 13.6. The first kappa shape index (κ1) is 13.5. The van der Waals surface area contributed by atoms with Gasteiger partial charge < -0.3 is 5.11 Å². The first-order valence-corrected chi connectivity index (χ1v) is 6.53. The largest absolute Gasteiger partial charge is 0.386 e. The van der Waals surface area contributed by atoms with Crippen molar-refractivity contribution in [3.8, 4) is 0 Å². The van der Waals surface area contributed by atoms with Crippen LogP contribution >= 0.6 is 0 Å². The van der Waals surface area contributed by atoms with Gasteiger partial charge in [-0.1, -0.05) is 30.3 Å². The first-order chi connectivity index (χ1) is 10.2. The zero-order valence-electron chi connectivity index (χ0n) is 11.1. The summed E-state index contributed by atoms with van der Waals surface area (Å²) in [4.78, 5) is 16.5. The Kier molecular flexibility index (Phi) is 3.50. The van der Waals surface area contributed by atoms with Crippen molar-refractivity contribution in [2.24, 2.45) is 0 Å². The predicted octanol–water partition coefficient (Wildman–Crippen LogP) is 2.27. The second kappa shape index (κ2) is 5.46. The minimum Gasteiger partial charge on any atom is -0.386 e. The molecule has 2 aromatic carbocycles. The van der Waals surface area contributed by atoms with Crippen LogP contribution in [0.15, 0.2) is 59.7 Å². The van der Waals surface area contributed by atoms with Crippen molar-refractivity contribution < 1.29 is 9.50 Å². The molecule has 5 heteroatoms. The highest BCUT2D eigenvalue weighted by Crippen LogP contribution is 2.18. The summed E-state index contributed by atoms with van der Waals surface area (Å²) >= 11 is 0. The monoisotopic (exact) mass is 284 g/mol. The van der Waals surface area contributed by atoms with Crippen LogP contribution in [0.4, 0.5) is 4.39 Å². The highest BCUT2D eigenvalue weighted by Gasteiger charge is 2.14. The van der Waals surface area contributed by atoms with Crippen molar-refractivity contribution in [1.29, 1.82) is 0 Å². The van der Waals surface area contributed by atoms with Gasteiger partial charge in [0.25, 0.3) is 5.56 Å². The second-order valence-corrected chi connectivity index (χ2v) is 4.76. The smallest absolute Gasteiger partial charge is 0.261 e. The molecule has 0 bridgehead atoms. The fourth-order valence-corrected chi connectivity index (χ4v) is 2.27. The van der Waals surface area contributed by atoms with Gasteiger partial charge in [-0.05, 0) is 18.2 Å². The van der Waals surface area contributed by atoms with Crippen molar-refractivity contribution in [2.45, 2.75) is 12.6 Å². The number of fused-ring (bicyclic) bond motifs is 1. The molecule has 106 valence electrons. The van der Waals surface area contributed by atoms with E-state index in [-0.39, 0.29) is 17.7 Å². The molecule has 0 saturated carbocycles. The van der Waals surface area contributed by atoms with Crippen LogP contribution in [0.5, 0.6) is 0 Å². The fraction of sp³-hybridized carbons (Fsp3) is 0.125. The lowest BCUT2D eigenvalue weighted by Gasteiger charge is -2.13. The lowest BCUT2D eigenvalue weighted by atomic mass is 10.1. The summed E-state index contributed by atoms with van der Waals surface area (Å²) in [5.41, 5.74) is 0.507. The van der Waals surface area contributed by atoms with E-state index in [0.717, 1.165) is 0 Å². The van der Waals surface area contributed by atoms with Crippen molar-refractivity contribution in [1.82, 2.24) is 9.55 Å². The summed E-state index contributed by atoms with van der Waals surface area (Å²) in [6, 6.07) is 12.9. The summed E-state index contributed by atoms with van der Waals surface area (Å²) in [6.07, 6.45) is 0.265. The van der Waals surface area contributed by atoms with Gasteiger partial charge in [0, 0.05) is 5.56 Å². The Labute approximate surface area is 120 Å². The van der Waals surface area contributed by atoms with Crippen molar-refractivity contribution in [3.05, 3.63) is 76.6 Å². The second-order valence-electron chi connectivity index (χ2n) is 4.76. The molecule has 0 aliphatic heterocycles. The molecule has 0 saturated heterocycles. The Morgan fingerprint density at radius 1 is 1.14 bits per heavy atom. The average Bonchev–Trinajstić information content (AvgIpc) is 2.51. The Balaban J connectivity index is 1.97. The zero-order valence-corrected chi connectivity index (χ0v) is 11.1. The maximum Gasteiger partial charge on any atom is 0.261 e. The zero-order chi connectivity index (χ0) is 14.8. The van der Waals surface area contributed by atoms with Gasteiger partial charge in [-0.25, -0.2) is 9.37 Å². The molecule has 1 N–H and O–H groups in total. The molecule has 0 fully saturated rings. The molecule has 0 radical (unpaired) electrons. The standard InChI is InChI=1S/C16H13FN2O2/c17-13-7-3-1-5-11(13)15(20)9-19-10-18-14-8-4-2-6-12(14)16(19)21/h1-8,10,15,20H,9H2. The molecule has 0 aliphatic rings. The van der Waals surface area contributed by atoms with E-state index in [9.17, 15) is 14.3 Å². The van der Waals surface area contributed by atoms with Crippen molar-refractivity contribution in [3.63, 3.8) is 0 Å². The molecule has 1 atom stereocenters. The third kappa shape index (κ3) is 2.55. The van der Waals surface area contributed by atoms with E-state index < -0.39 is 11.9 Å². The summed E-state index contributed by atoms with van der Waals surface area (Å²) in [6.45, 7) is -0.0440. The minimum atomic E-state index is -1.10. The van der Waals surface area contributed by atoms with Crippen LogP contribution in [0.25, 0.3) is 10.9 Å². The Morgan fingerprint density at radius 3 is 2.67 bits per heavy atom. The van der Waals surface area contributed by atoms with Crippen LogP contribution in [0.2, 0.25) is 0 Å². The average molecular weight is 284 g/mol. The number of aliphatic hydroxyl groups excluding tert-OH is 1.